The number of fused-ring (bicyclic) bond motifs is 1. The number of amides is 1. The van der Waals surface area contributed by atoms with Gasteiger partial charge in [0.1, 0.15) is 11.4 Å². The first-order valence-corrected chi connectivity index (χ1v) is 8.21. The molecular formula is C18H28N2O3. The molecule has 0 bridgehead atoms. The van der Waals surface area contributed by atoms with Crippen molar-refractivity contribution in [1.82, 2.24) is 10.6 Å². The van der Waals surface area contributed by atoms with E-state index in [1.807, 2.05) is 39.0 Å². The molecule has 0 saturated heterocycles. The number of ether oxygens (including phenoxy) is 2. The summed E-state index contributed by atoms with van der Waals surface area (Å²) in [5, 5.41) is 6.41. The van der Waals surface area contributed by atoms with Gasteiger partial charge < -0.3 is 20.1 Å². The fourth-order valence-electron chi connectivity index (χ4n) is 2.66. The zero-order chi connectivity index (χ0) is 17.0. The summed E-state index contributed by atoms with van der Waals surface area (Å²) in [6, 6.07) is 8.45. The van der Waals surface area contributed by atoms with Gasteiger partial charge in [-0.05, 0) is 33.8 Å². The molecule has 0 aromatic heterocycles. The summed E-state index contributed by atoms with van der Waals surface area (Å²) >= 11 is 0. The minimum Gasteiger partial charge on any atom is -0.493 e. The first-order chi connectivity index (χ1) is 10.8. The number of hydrogen-bond acceptors (Lipinski definition) is 4. The van der Waals surface area contributed by atoms with Gasteiger partial charge >= 0.3 is 6.09 Å². The van der Waals surface area contributed by atoms with Crippen LogP contribution in [0.5, 0.6) is 5.75 Å². The zero-order valence-corrected chi connectivity index (χ0v) is 14.7. The Morgan fingerprint density at radius 1 is 1.39 bits per heavy atom. The molecule has 1 aromatic carbocycles. The van der Waals surface area contributed by atoms with Crippen molar-refractivity contribution in [1.29, 1.82) is 0 Å². The summed E-state index contributed by atoms with van der Waals surface area (Å²) in [6.45, 7) is 11.0. The van der Waals surface area contributed by atoms with Gasteiger partial charge in [0.05, 0.1) is 6.61 Å². The molecule has 1 amide bonds. The Morgan fingerprint density at radius 2 is 2.09 bits per heavy atom. The largest absolute Gasteiger partial charge is 0.493 e. The Kier molecular flexibility index (Phi) is 5.52. The second kappa shape index (κ2) is 7.21. The maximum absolute atomic E-state index is 11.7. The Hall–Kier alpha value is -1.75. The highest BCUT2D eigenvalue weighted by molar-refractivity contribution is 5.67. The lowest BCUT2D eigenvalue weighted by Gasteiger charge is -2.34. The summed E-state index contributed by atoms with van der Waals surface area (Å²) in [5.74, 6) is 1.31. The van der Waals surface area contributed by atoms with Crippen LogP contribution in [0.1, 0.15) is 46.2 Å². The molecule has 3 unspecified atom stereocenters. The van der Waals surface area contributed by atoms with Crippen LogP contribution in [0.3, 0.4) is 0 Å². The van der Waals surface area contributed by atoms with Gasteiger partial charge in [0, 0.05) is 30.1 Å². The third-order valence-corrected chi connectivity index (χ3v) is 3.74. The van der Waals surface area contributed by atoms with Gasteiger partial charge in [-0.2, -0.15) is 0 Å². The smallest absolute Gasteiger partial charge is 0.407 e. The van der Waals surface area contributed by atoms with E-state index in [9.17, 15) is 4.79 Å². The number of nitrogens with one attached hydrogen (secondary N) is 2. The molecule has 0 radical (unpaired) electrons. The molecular weight excluding hydrogens is 292 g/mol. The summed E-state index contributed by atoms with van der Waals surface area (Å²) in [7, 11) is 0. The molecule has 1 aliphatic heterocycles. The summed E-state index contributed by atoms with van der Waals surface area (Å²) in [4.78, 5) is 11.7. The van der Waals surface area contributed by atoms with E-state index in [-0.39, 0.29) is 18.2 Å². The van der Waals surface area contributed by atoms with E-state index in [4.69, 9.17) is 9.47 Å². The average molecular weight is 320 g/mol. The van der Waals surface area contributed by atoms with Crippen molar-refractivity contribution >= 4 is 6.09 Å². The van der Waals surface area contributed by atoms with E-state index in [0.717, 1.165) is 5.75 Å². The Morgan fingerprint density at radius 3 is 2.78 bits per heavy atom. The van der Waals surface area contributed by atoms with E-state index >= 15 is 0 Å². The predicted octanol–water partition coefficient (Wildman–Crippen LogP) is 3.26. The van der Waals surface area contributed by atoms with Crippen LogP contribution in [0.2, 0.25) is 0 Å². The van der Waals surface area contributed by atoms with E-state index < -0.39 is 5.60 Å². The van der Waals surface area contributed by atoms with Crippen molar-refractivity contribution in [2.24, 2.45) is 5.92 Å². The number of para-hydroxylation sites is 1. The highest BCUT2D eigenvalue weighted by atomic mass is 16.6. The molecule has 2 rings (SSSR count). The molecule has 0 fully saturated rings. The normalized spacial score (nSPS) is 21.8. The van der Waals surface area contributed by atoms with Gasteiger partial charge in [-0.15, -0.1) is 0 Å². The van der Waals surface area contributed by atoms with E-state index in [0.29, 0.717) is 19.1 Å². The van der Waals surface area contributed by atoms with E-state index in [1.54, 1.807) is 0 Å². The molecule has 0 spiro atoms. The second-order valence-corrected chi connectivity index (χ2v) is 7.25. The molecule has 5 heteroatoms. The van der Waals surface area contributed by atoms with Crippen LogP contribution >= 0.6 is 0 Å². The molecule has 2 N–H and O–H groups in total. The van der Waals surface area contributed by atoms with Crippen LogP contribution in [0.25, 0.3) is 0 Å². The van der Waals surface area contributed by atoms with Crippen molar-refractivity contribution in [3.8, 4) is 5.75 Å². The molecule has 0 aliphatic carbocycles. The van der Waals surface area contributed by atoms with Crippen LogP contribution in [0, 0.1) is 5.92 Å². The average Bonchev–Trinajstić information content (AvgIpc) is 2.46. The van der Waals surface area contributed by atoms with Crippen molar-refractivity contribution < 1.29 is 14.3 Å². The molecule has 1 aliphatic rings. The quantitative estimate of drug-likeness (QED) is 0.894. The minimum atomic E-state index is -0.477. The second-order valence-electron chi connectivity index (χ2n) is 7.25. The van der Waals surface area contributed by atoms with Crippen LogP contribution in [0.4, 0.5) is 4.79 Å². The summed E-state index contributed by atoms with van der Waals surface area (Å²) < 4.78 is 11.0. The Bertz CT molecular complexity index is 539. The first kappa shape index (κ1) is 17.6. The molecule has 1 heterocycles. The van der Waals surface area contributed by atoms with Crippen LogP contribution in [0.15, 0.2) is 24.3 Å². The number of alkyl carbamates (subject to hydrolysis) is 1. The van der Waals surface area contributed by atoms with E-state index in [2.05, 4.69) is 30.5 Å². The fraction of sp³-hybridized carbons (Fsp3) is 0.611. The monoisotopic (exact) mass is 320 g/mol. The van der Waals surface area contributed by atoms with Gasteiger partial charge in [0.15, 0.2) is 0 Å². The lowest BCUT2D eigenvalue weighted by molar-refractivity contribution is 0.0521. The van der Waals surface area contributed by atoms with Crippen LogP contribution in [-0.4, -0.2) is 30.9 Å². The van der Waals surface area contributed by atoms with E-state index in [1.165, 1.54) is 5.56 Å². The summed E-state index contributed by atoms with van der Waals surface area (Å²) in [6.07, 6.45) is -0.383. The van der Waals surface area contributed by atoms with Gasteiger partial charge in [-0.3, -0.25) is 0 Å². The van der Waals surface area contributed by atoms with Crippen molar-refractivity contribution in [2.75, 3.05) is 13.2 Å². The Balaban J connectivity index is 1.90. The van der Waals surface area contributed by atoms with Crippen LogP contribution in [-0.2, 0) is 4.74 Å². The third kappa shape index (κ3) is 5.13. The highest BCUT2D eigenvalue weighted by Crippen LogP contribution is 2.35. The van der Waals surface area contributed by atoms with Gasteiger partial charge in [0.2, 0.25) is 0 Å². The number of rotatable bonds is 4. The topological polar surface area (TPSA) is 59.6 Å². The van der Waals surface area contributed by atoms with Crippen LogP contribution < -0.4 is 15.4 Å². The maximum Gasteiger partial charge on any atom is 0.407 e. The molecule has 5 nitrogen and oxygen atoms in total. The number of benzene rings is 1. The first-order valence-electron chi connectivity index (χ1n) is 8.21. The van der Waals surface area contributed by atoms with Gasteiger partial charge in [0.25, 0.3) is 0 Å². The molecule has 23 heavy (non-hydrogen) atoms. The standard InChI is InChI=1S/C18H28N2O3/c1-12-11-22-15-9-7-6-8-14(15)16(12)20-13(2)10-19-17(21)23-18(3,4)5/h6-9,12-13,16,20H,10-11H2,1-5H3,(H,19,21). The minimum absolute atomic E-state index is 0.126. The number of carbonyl (C=O) groups excluding carboxylic acids is 1. The predicted molar refractivity (Wildman–Crippen MR) is 90.7 cm³/mol. The summed E-state index contributed by atoms with van der Waals surface area (Å²) in [5.41, 5.74) is 0.699. The van der Waals surface area contributed by atoms with Crippen molar-refractivity contribution in [3.05, 3.63) is 29.8 Å². The lowest BCUT2D eigenvalue weighted by atomic mass is 9.91. The molecule has 3 atom stereocenters. The maximum atomic E-state index is 11.7. The molecule has 1 aromatic rings. The van der Waals surface area contributed by atoms with Crippen molar-refractivity contribution in [3.63, 3.8) is 0 Å². The SMILES string of the molecule is CC(CNC(=O)OC(C)(C)C)NC1c2ccccc2OCC1C. The number of hydrogen-bond donors (Lipinski definition) is 2. The lowest BCUT2D eigenvalue weighted by Crippen LogP contribution is -2.45. The number of carbonyl (C=O) groups is 1. The molecule has 0 saturated carbocycles. The van der Waals surface area contributed by atoms with Crippen molar-refractivity contribution in [2.45, 2.75) is 52.3 Å². The third-order valence-electron chi connectivity index (χ3n) is 3.74. The highest BCUT2D eigenvalue weighted by Gasteiger charge is 2.28. The fourth-order valence-corrected chi connectivity index (χ4v) is 2.66. The zero-order valence-electron chi connectivity index (χ0n) is 14.7. The Labute approximate surface area is 138 Å². The van der Waals surface area contributed by atoms with Gasteiger partial charge in [-0.25, -0.2) is 4.79 Å². The molecule has 128 valence electrons. The van der Waals surface area contributed by atoms with Gasteiger partial charge in [-0.1, -0.05) is 25.1 Å².